The van der Waals surface area contributed by atoms with Gasteiger partial charge in [0, 0.05) is 0 Å². The zero-order valence-electron chi connectivity index (χ0n) is 12.6. The molecule has 0 spiro atoms. The molecule has 3 nitrogen and oxygen atoms in total. The van der Waals surface area contributed by atoms with Crippen LogP contribution >= 0.6 is 46.3 Å². The molecule has 0 aliphatic carbocycles. The van der Waals surface area contributed by atoms with Crippen molar-refractivity contribution in [1.29, 1.82) is 0 Å². The molecule has 1 aliphatic rings. The summed E-state index contributed by atoms with van der Waals surface area (Å²) in [6.45, 7) is 1.92. The summed E-state index contributed by atoms with van der Waals surface area (Å²) < 4.78 is 1.07. The molecule has 2 aromatic carbocycles. The van der Waals surface area contributed by atoms with Gasteiger partial charge in [0.05, 0.1) is 25.5 Å². The molecule has 122 valence electrons. The number of halogens is 2. The second-order valence-electron chi connectivity index (χ2n) is 5.48. The third kappa shape index (κ3) is 2.69. The van der Waals surface area contributed by atoms with Crippen molar-refractivity contribution in [3.63, 3.8) is 0 Å². The molecule has 1 aliphatic heterocycles. The van der Waals surface area contributed by atoms with Crippen LogP contribution < -0.4 is 4.90 Å². The third-order valence-corrected chi connectivity index (χ3v) is 7.00. The lowest BCUT2D eigenvalue weighted by atomic mass is 10.2. The fraction of sp³-hybridized carbons (Fsp3) is 0.176. The van der Waals surface area contributed by atoms with Gasteiger partial charge in [0.1, 0.15) is 5.37 Å². The van der Waals surface area contributed by atoms with Crippen molar-refractivity contribution in [2.45, 2.75) is 17.5 Å². The molecular formula is C17H12Cl2N2OS2. The molecule has 0 N–H and O–H groups in total. The Kier molecular flexibility index (Phi) is 4.21. The fourth-order valence-electron chi connectivity index (χ4n) is 2.68. The number of anilines is 1. The number of thioether (sulfide) groups is 1. The van der Waals surface area contributed by atoms with Crippen LogP contribution in [0.25, 0.3) is 10.2 Å². The first kappa shape index (κ1) is 16.2. The first-order chi connectivity index (χ1) is 11.5. The molecule has 3 aromatic rings. The first-order valence-electron chi connectivity index (χ1n) is 7.33. The number of para-hydroxylation sites is 1. The number of hydrogen-bond donors (Lipinski definition) is 0. The maximum absolute atomic E-state index is 12.7. The highest BCUT2D eigenvalue weighted by atomic mass is 35.5. The Bertz CT molecular complexity index is 910. The van der Waals surface area contributed by atoms with Gasteiger partial charge in [-0.25, -0.2) is 4.98 Å². The van der Waals surface area contributed by atoms with Crippen molar-refractivity contribution in [1.82, 2.24) is 4.98 Å². The van der Waals surface area contributed by atoms with Crippen LogP contribution in [0.5, 0.6) is 0 Å². The lowest BCUT2D eigenvalue weighted by Crippen LogP contribution is -2.29. The van der Waals surface area contributed by atoms with E-state index in [0.29, 0.717) is 15.2 Å². The summed E-state index contributed by atoms with van der Waals surface area (Å²) in [5.41, 5.74) is 1.86. The van der Waals surface area contributed by atoms with Gasteiger partial charge in [-0.05, 0) is 36.8 Å². The van der Waals surface area contributed by atoms with Crippen LogP contribution in [-0.2, 0) is 4.79 Å². The molecule has 0 saturated carbocycles. The monoisotopic (exact) mass is 394 g/mol. The van der Waals surface area contributed by atoms with Crippen LogP contribution in [0.15, 0.2) is 42.5 Å². The number of rotatable bonds is 2. The number of benzene rings is 2. The maximum atomic E-state index is 12.7. The Morgan fingerprint density at radius 3 is 2.67 bits per heavy atom. The molecule has 0 bridgehead atoms. The molecule has 1 fully saturated rings. The number of carbonyl (C=O) groups is 1. The van der Waals surface area contributed by atoms with Gasteiger partial charge < -0.3 is 0 Å². The van der Waals surface area contributed by atoms with Crippen LogP contribution in [0.3, 0.4) is 0 Å². The number of hydrogen-bond acceptors (Lipinski definition) is 4. The highest BCUT2D eigenvalue weighted by Gasteiger charge is 2.41. The lowest BCUT2D eigenvalue weighted by Gasteiger charge is -2.21. The smallest absolute Gasteiger partial charge is 0.242 e. The minimum absolute atomic E-state index is 0.0649. The van der Waals surface area contributed by atoms with E-state index in [0.717, 1.165) is 15.8 Å². The Balaban J connectivity index is 1.80. The van der Waals surface area contributed by atoms with Crippen LogP contribution in [0.4, 0.5) is 5.13 Å². The Morgan fingerprint density at radius 1 is 1.12 bits per heavy atom. The number of nitrogens with zero attached hydrogens (tertiary/aromatic N) is 2. The van der Waals surface area contributed by atoms with Gasteiger partial charge in [-0.15, -0.1) is 11.8 Å². The number of thiazole rings is 1. The van der Waals surface area contributed by atoms with E-state index in [-0.39, 0.29) is 16.5 Å². The highest BCUT2D eigenvalue weighted by molar-refractivity contribution is 8.01. The normalized spacial score (nSPS) is 21.0. The fourth-order valence-corrected chi connectivity index (χ4v) is 5.29. The largest absolute Gasteiger partial charge is 0.273 e. The molecule has 2 heterocycles. The molecule has 2 unspecified atom stereocenters. The summed E-state index contributed by atoms with van der Waals surface area (Å²) in [6.07, 6.45) is 0. The zero-order valence-corrected chi connectivity index (χ0v) is 15.7. The van der Waals surface area contributed by atoms with Crippen LogP contribution in [0.2, 0.25) is 10.0 Å². The Hall–Kier alpha value is -1.27. The summed E-state index contributed by atoms with van der Waals surface area (Å²) in [5.74, 6) is 0.0649. The number of carbonyl (C=O) groups excluding carboxylic acids is 1. The van der Waals surface area contributed by atoms with Crippen molar-refractivity contribution >= 4 is 67.6 Å². The minimum atomic E-state index is -0.150. The van der Waals surface area contributed by atoms with Crippen LogP contribution in [0.1, 0.15) is 17.9 Å². The average molecular weight is 395 g/mol. The number of amides is 1. The molecule has 2 atom stereocenters. The van der Waals surface area contributed by atoms with E-state index < -0.39 is 0 Å². The predicted octanol–water partition coefficient (Wildman–Crippen LogP) is 5.77. The maximum Gasteiger partial charge on any atom is 0.242 e. The van der Waals surface area contributed by atoms with Crippen LogP contribution in [0, 0.1) is 0 Å². The first-order valence-corrected chi connectivity index (χ1v) is 9.85. The topological polar surface area (TPSA) is 33.2 Å². The van der Waals surface area contributed by atoms with E-state index in [1.54, 1.807) is 22.7 Å². The van der Waals surface area contributed by atoms with Crippen molar-refractivity contribution in [2.75, 3.05) is 4.90 Å². The molecule has 7 heteroatoms. The summed E-state index contributed by atoms with van der Waals surface area (Å²) >= 11 is 15.3. The van der Waals surface area contributed by atoms with E-state index in [4.69, 9.17) is 23.2 Å². The highest BCUT2D eigenvalue weighted by Crippen LogP contribution is 2.47. The molecule has 24 heavy (non-hydrogen) atoms. The van der Waals surface area contributed by atoms with E-state index >= 15 is 0 Å². The van der Waals surface area contributed by atoms with Gasteiger partial charge in [-0.3, -0.25) is 9.69 Å². The molecule has 4 rings (SSSR count). The quantitative estimate of drug-likeness (QED) is 0.552. The molecule has 1 saturated heterocycles. The zero-order chi connectivity index (χ0) is 16.8. The molecule has 1 amide bonds. The standard InChI is InChI=1S/C17H12Cl2N2OS2/c1-9-15(22)21(17-20-13-4-2-3-5-14(13)24-17)16(23-9)10-6-7-11(18)12(19)8-10/h2-9,16H,1H3. The van der Waals surface area contributed by atoms with Gasteiger partial charge in [0.25, 0.3) is 0 Å². The number of aromatic nitrogens is 1. The van der Waals surface area contributed by atoms with E-state index in [1.165, 1.54) is 11.3 Å². The Labute approximate surface area is 157 Å². The summed E-state index contributed by atoms with van der Waals surface area (Å²) in [7, 11) is 0. The van der Waals surface area contributed by atoms with Crippen molar-refractivity contribution in [3.8, 4) is 0 Å². The third-order valence-electron chi connectivity index (χ3n) is 3.87. The minimum Gasteiger partial charge on any atom is -0.273 e. The van der Waals surface area contributed by atoms with E-state index in [9.17, 15) is 4.79 Å². The van der Waals surface area contributed by atoms with E-state index in [1.807, 2.05) is 43.3 Å². The second-order valence-corrected chi connectivity index (χ2v) is 8.73. The Morgan fingerprint density at radius 2 is 1.92 bits per heavy atom. The van der Waals surface area contributed by atoms with Gasteiger partial charge in [-0.1, -0.05) is 52.7 Å². The second kappa shape index (κ2) is 6.23. The van der Waals surface area contributed by atoms with Gasteiger partial charge in [0.2, 0.25) is 5.91 Å². The number of fused-ring (bicyclic) bond motifs is 1. The average Bonchev–Trinajstić information content (AvgIpc) is 3.11. The summed E-state index contributed by atoms with van der Waals surface area (Å²) in [5, 5.41) is 1.44. The van der Waals surface area contributed by atoms with Crippen molar-refractivity contribution in [2.24, 2.45) is 0 Å². The summed E-state index contributed by atoms with van der Waals surface area (Å²) in [6, 6.07) is 13.4. The lowest BCUT2D eigenvalue weighted by molar-refractivity contribution is -0.117. The summed E-state index contributed by atoms with van der Waals surface area (Å²) in [4.78, 5) is 19.2. The van der Waals surface area contributed by atoms with Gasteiger partial charge in [-0.2, -0.15) is 0 Å². The molecular weight excluding hydrogens is 383 g/mol. The molecule has 1 aromatic heterocycles. The predicted molar refractivity (Wildman–Crippen MR) is 103 cm³/mol. The van der Waals surface area contributed by atoms with Crippen molar-refractivity contribution < 1.29 is 4.79 Å². The van der Waals surface area contributed by atoms with Crippen LogP contribution in [-0.4, -0.2) is 16.1 Å². The molecule has 0 radical (unpaired) electrons. The van der Waals surface area contributed by atoms with Gasteiger partial charge >= 0.3 is 0 Å². The van der Waals surface area contributed by atoms with E-state index in [2.05, 4.69) is 4.98 Å². The SMILES string of the molecule is CC1SC(c2ccc(Cl)c(Cl)c2)N(c2nc3ccccc3s2)C1=O. The van der Waals surface area contributed by atoms with Crippen molar-refractivity contribution in [3.05, 3.63) is 58.1 Å². The van der Waals surface area contributed by atoms with Gasteiger partial charge in [0.15, 0.2) is 5.13 Å².